The molecule has 2 aromatic rings. The third kappa shape index (κ3) is 2.33. The molecule has 2 amide bonds. The zero-order valence-electron chi connectivity index (χ0n) is 12.3. The van der Waals surface area contributed by atoms with E-state index in [9.17, 15) is 4.79 Å². The first-order valence-corrected chi connectivity index (χ1v) is 8.07. The summed E-state index contributed by atoms with van der Waals surface area (Å²) in [5.74, 6) is 0.743. The van der Waals surface area contributed by atoms with Crippen LogP contribution in [0.1, 0.15) is 24.9 Å². The van der Waals surface area contributed by atoms with Crippen molar-refractivity contribution in [2.45, 2.75) is 25.1 Å². The topological polar surface area (TPSA) is 41.6 Å². The number of ether oxygens (including phenoxy) is 1. The van der Waals surface area contributed by atoms with Crippen molar-refractivity contribution >= 4 is 34.9 Å². The summed E-state index contributed by atoms with van der Waals surface area (Å²) in [6, 6.07) is 12.3. The summed E-state index contributed by atoms with van der Waals surface area (Å²) >= 11 is 12.0. The van der Waals surface area contributed by atoms with Crippen molar-refractivity contribution in [1.29, 1.82) is 0 Å². The third-order valence-corrected chi connectivity index (χ3v) is 4.81. The Hall–Kier alpha value is -1.91. The maximum absolute atomic E-state index is 12.7. The van der Waals surface area contributed by atoms with Crippen LogP contribution in [0.2, 0.25) is 10.0 Å². The zero-order valence-corrected chi connectivity index (χ0v) is 13.9. The van der Waals surface area contributed by atoms with Gasteiger partial charge < -0.3 is 10.1 Å². The lowest BCUT2D eigenvalue weighted by Crippen LogP contribution is -2.65. The number of urea groups is 1. The van der Waals surface area contributed by atoms with E-state index in [4.69, 9.17) is 27.9 Å². The van der Waals surface area contributed by atoms with E-state index in [1.54, 1.807) is 23.1 Å². The van der Waals surface area contributed by atoms with Gasteiger partial charge in [0.15, 0.2) is 5.72 Å². The molecule has 0 radical (unpaired) electrons. The van der Waals surface area contributed by atoms with Gasteiger partial charge in [0.25, 0.3) is 0 Å². The molecule has 6 heteroatoms. The van der Waals surface area contributed by atoms with E-state index >= 15 is 0 Å². The highest BCUT2D eigenvalue weighted by molar-refractivity contribution is 6.31. The molecule has 1 saturated heterocycles. The highest BCUT2D eigenvalue weighted by atomic mass is 35.5. The maximum atomic E-state index is 12.7. The van der Waals surface area contributed by atoms with Crippen molar-refractivity contribution in [1.82, 2.24) is 5.32 Å². The first-order chi connectivity index (χ1) is 11.0. The second-order valence-corrected chi connectivity index (χ2v) is 6.85. The molecule has 0 spiro atoms. The minimum absolute atomic E-state index is 0.112. The van der Waals surface area contributed by atoms with E-state index in [0.29, 0.717) is 16.5 Å². The van der Waals surface area contributed by atoms with Crippen LogP contribution in [0.15, 0.2) is 42.5 Å². The van der Waals surface area contributed by atoms with E-state index in [-0.39, 0.29) is 12.1 Å². The first kappa shape index (κ1) is 14.7. The Labute approximate surface area is 143 Å². The van der Waals surface area contributed by atoms with Crippen molar-refractivity contribution in [3.05, 3.63) is 58.1 Å². The Balaban J connectivity index is 1.79. The number of fused-ring (bicyclic) bond motifs is 4. The standard InChI is InChI=1S/C17H14Cl2N2O2/c1-17-9-14(13-8-11(19)4-7-15(13)23-17)20-16(22)21(17)12-5-2-10(18)3-6-12/h2-8,14H,9H2,1H3,(H,20,22)/t14-,17+/m0/s1. The molecule has 0 saturated carbocycles. The van der Waals surface area contributed by atoms with Crippen LogP contribution >= 0.6 is 23.2 Å². The number of benzene rings is 2. The highest BCUT2D eigenvalue weighted by Crippen LogP contribution is 2.46. The number of hydrogen-bond acceptors (Lipinski definition) is 2. The predicted octanol–water partition coefficient (Wildman–Crippen LogP) is 4.76. The van der Waals surface area contributed by atoms with Crippen molar-refractivity contribution in [2.24, 2.45) is 0 Å². The number of halogens is 2. The van der Waals surface area contributed by atoms with Gasteiger partial charge in [0, 0.05) is 27.7 Å². The fourth-order valence-electron chi connectivity index (χ4n) is 3.33. The minimum atomic E-state index is -0.762. The number of amides is 2. The predicted molar refractivity (Wildman–Crippen MR) is 90.3 cm³/mol. The molecule has 1 N–H and O–H groups in total. The van der Waals surface area contributed by atoms with Gasteiger partial charge in [-0.15, -0.1) is 0 Å². The number of rotatable bonds is 1. The average Bonchev–Trinajstić information content (AvgIpc) is 2.49. The molecule has 118 valence electrons. The van der Waals surface area contributed by atoms with Gasteiger partial charge in [-0.25, -0.2) is 4.79 Å². The van der Waals surface area contributed by atoms with E-state index in [2.05, 4.69) is 5.32 Å². The molecule has 2 aliphatic rings. The molecule has 2 atom stereocenters. The minimum Gasteiger partial charge on any atom is -0.467 e. The summed E-state index contributed by atoms with van der Waals surface area (Å²) in [6.07, 6.45) is 0.634. The Morgan fingerprint density at radius 3 is 2.61 bits per heavy atom. The number of carbonyl (C=O) groups excluding carboxylic acids is 1. The molecule has 0 unspecified atom stereocenters. The number of anilines is 1. The van der Waals surface area contributed by atoms with E-state index in [1.165, 1.54) is 0 Å². The lowest BCUT2D eigenvalue weighted by molar-refractivity contribution is 0.0379. The molecular formula is C17H14Cl2N2O2. The third-order valence-electron chi connectivity index (χ3n) is 4.32. The lowest BCUT2D eigenvalue weighted by Gasteiger charge is -2.50. The van der Waals surface area contributed by atoms with Crippen LogP contribution in [-0.2, 0) is 0 Å². The highest BCUT2D eigenvalue weighted by Gasteiger charge is 2.49. The molecule has 0 aliphatic carbocycles. The Morgan fingerprint density at radius 1 is 1.17 bits per heavy atom. The Bertz CT molecular complexity index is 794. The lowest BCUT2D eigenvalue weighted by atomic mass is 9.90. The summed E-state index contributed by atoms with van der Waals surface area (Å²) in [4.78, 5) is 14.3. The van der Waals surface area contributed by atoms with E-state index < -0.39 is 5.72 Å². The summed E-state index contributed by atoms with van der Waals surface area (Å²) in [5, 5.41) is 4.29. The second-order valence-electron chi connectivity index (χ2n) is 5.98. The quantitative estimate of drug-likeness (QED) is 0.806. The van der Waals surface area contributed by atoms with Crippen LogP contribution in [-0.4, -0.2) is 11.8 Å². The van der Waals surface area contributed by atoms with Gasteiger partial charge >= 0.3 is 6.03 Å². The molecule has 4 nitrogen and oxygen atoms in total. The summed E-state index contributed by atoms with van der Waals surface area (Å²) in [7, 11) is 0. The van der Waals surface area contributed by atoms with Crippen LogP contribution < -0.4 is 15.0 Å². The summed E-state index contributed by atoms with van der Waals surface area (Å²) < 4.78 is 6.19. The Kier molecular flexibility index (Phi) is 3.22. The van der Waals surface area contributed by atoms with Crippen molar-refractivity contribution in [3.8, 4) is 5.75 Å². The van der Waals surface area contributed by atoms with Gasteiger partial charge in [0.1, 0.15) is 5.75 Å². The SMILES string of the molecule is C[C@@]12C[C@H](NC(=O)N1c1ccc(Cl)cc1)c1cc(Cl)ccc1O2. The fourth-order valence-corrected chi connectivity index (χ4v) is 3.63. The second kappa shape index (κ2) is 5.05. The average molecular weight is 349 g/mol. The van der Waals surface area contributed by atoms with Crippen LogP contribution in [0.5, 0.6) is 5.75 Å². The molecule has 0 aromatic heterocycles. The van der Waals surface area contributed by atoms with Gasteiger partial charge in [-0.2, -0.15) is 0 Å². The maximum Gasteiger partial charge on any atom is 0.325 e. The summed E-state index contributed by atoms with van der Waals surface area (Å²) in [5.41, 5.74) is 0.895. The molecule has 2 heterocycles. The summed E-state index contributed by atoms with van der Waals surface area (Å²) in [6.45, 7) is 1.92. The molecule has 2 bridgehead atoms. The molecular weight excluding hydrogens is 335 g/mol. The van der Waals surface area contributed by atoms with Crippen LogP contribution in [0.4, 0.5) is 10.5 Å². The normalized spacial score (nSPS) is 25.4. The van der Waals surface area contributed by atoms with E-state index in [1.807, 2.05) is 31.2 Å². The Morgan fingerprint density at radius 2 is 1.87 bits per heavy atom. The molecule has 4 rings (SSSR count). The molecule has 1 fully saturated rings. The van der Waals surface area contributed by atoms with Crippen LogP contribution in [0.3, 0.4) is 0 Å². The number of hydrogen-bond donors (Lipinski definition) is 1. The van der Waals surface area contributed by atoms with Crippen molar-refractivity contribution in [3.63, 3.8) is 0 Å². The van der Waals surface area contributed by atoms with Crippen molar-refractivity contribution < 1.29 is 9.53 Å². The van der Waals surface area contributed by atoms with Crippen molar-refractivity contribution in [2.75, 3.05) is 4.90 Å². The monoisotopic (exact) mass is 348 g/mol. The van der Waals surface area contributed by atoms with Gasteiger partial charge in [-0.05, 0) is 49.4 Å². The number of nitrogens with zero attached hydrogens (tertiary/aromatic N) is 1. The molecule has 2 aliphatic heterocycles. The van der Waals surface area contributed by atoms with Crippen LogP contribution in [0, 0.1) is 0 Å². The fraction of sp³-hybridized carbons (Fsp3) is 0.235. The van der Waals surface area contributed by atoms with Gasteiger partial charge in [-0.3, -0.25) is 4.90 Å². The molecule has 23 heavy (non-hydrogen) atoms. The first-order valence-electron chi connectivity index (χ1n) is 7.31. The zero-order chi connectivity index (χ0) is 16.2. The molecule has 2 aromatic carbocycles. The smallest absolute Gasteiger partial charge is 0.325 e. The van der Waals surface area contributed by atoms with E-state index in [0.717, 1.165) is 17.0 Å². The van der Waals surface area contributed by atoms with Crippen LogP contribution in [0.25, 0.3) is 0 Å². The number of carbonyl (C=O) groups is 1. The largest absolute Gasteiger partial charge is 0.467 e. The van der Waals surface area contributed by atoms with Gasteiger partial charge in [0.2, 0.25) is 0 Å². The van der Waals surface area contributed by atoms with Gasteiger partial charge in [-0.1, -0.05) is 23.2 Å². The number of nitrogens with one attached hydrogen (secondary N) is 1. The van der Waals surface area contributed by atoms with Gasteiger partial charge in [0.05, 0.1) is 6.04 Å².